The molecule has 0 aliphatic carbocycles. The van der Waals surface area contributed by atoms with Gasteiger partial charge in [0, 0.05) is 12.2 Å². The molecule has 1 N–H and O–H groups in total. The molecule has 0 aliphatic heterocycles. The first-order valence-electron chi connectivity index (χ1n) is 5.18. The van der Waals surface area contributed by atoms with Crippen molar-refractivity contribution < 1.29 is 38.5 Å². The van der Waals surface area contributed by atoms with Crippen molar-refractivity contribution in [2.45, 2.75) is 13.3 Å². The SMILES string of the molecule is COC(=O)/C=C/C(=O)OCOC(=O)CC(C)C(=O)O. The van der Waals surface area contributed by atoms with Gasteiger partial charge >= 0.3 is 23.9 Å². The van der Waals surface area contributed by atoms with Gasteiger partial charge in [-0.1, -0.05) is 6.92 Å². The Bertz CT molecular complexity index is 384. The van der Waals surface area contributed by atoms with Gasteiger partial charge in [-0.2, -0.15) is 0 Å². The summed E-state index contributed by atoms with van der Waals surface area (Å²) in [7, 11) is 1.14. The first kappa shape index (κ1) is 16.6. The van der Waals surface area contributed by atoms with Crippen LogP contribution in [0.1, 0.15) is 13.3 Å². The molecule has 1 unspecified atom stereocenters. The Balaban J connectivity index is 3.88. The molecule has 19 heavy (non-hydrogen) atoms. The summed E-state index contributed by atoms with van der Waals surface area (Å²) in [6.45, 7) is 0.685. The number of carbonyl (C=O) groups excluding carboxylic acids is 3. The molecular formula is C11H14O8. The molecule has 106 valence electrons. The Morgan fingerprint density at radius 1 is 1.11 bits per heavy atom. The Labute approximate surface area is 108 Å². The molecule has 0 saturated carbocycles. The molecule has 0 fully saturated rings. The molecule has 0 bridgehead atoms. The largest absolute Gasteiger partial charge is 0.481 e. The Morgan fingerprint density at radius 2 is 1.68 bits per heavy atom. The van der Waals surface area contributed by atoms with Gasteiger partial charge in [-0.3, -0.25) is 9.59 Å². The Morgan fingerprint density at radius 3 is 2.21 bits per heavy atom. The average Bonchev–Trinajstić information content (AvgIpc) is 2.35. The third-order valence-electron chi connectivity index (χ3n) is 1.87. The van der Waals surface area contributed by atoms with E-state index in [2.05, 4.69) is 14.2 Å². The van der Waals surface area contributed by atoms with Gasteiger partial charge in [0.05, 0.1) is 19.4 Å². The second kappa shape index (κ2) is 8.67. The van der Waals surface area contributed by atoms with Crippen molar-refractivity contribution in [2.24, 2.45) is 5.92 Å². The van der Waals surface area contributed by atoms with Gasteiger partial charge in [-0.05, 0) is 0 Å². The van der Waals surface area contributed by atoms with E-state index in [1.807, 2.05) is 0 Å². The van der Waals surface area contributed by atoms with Crippen LogP contribution in [0.3, 0.4) is 0 Å². The fraction of sp³-hybridized carbons (Fsp3) is 0.455. The van der Waals surface area contributed by atoms with Crippen LogP contribution in [0.2, 0.25) is 0 Å². The summed E-state index contributed by atoms with van der Waals surface area (Å²) in [5.41, 5.74) is 0. The number of hydrogen-bond donors (Lipinski definition) is 1. The van der Waals surface area contributed by atoms with E-state index in [0.29, 0.717) is 0 Å². The molecule has 0 rings (SSSR count). The van der Waals surface area contributed by atoms with Gasteiger partial charge in [-0.15, -0.1) is 0 Å². The van der Waals surface area contributed by atoms with Gasteiger partial charge in [0.1, 0.15) is 0 Å². The fourth-order valence-electron chi connectivity index (χ4n) is 0.802. The lowest BCUT2D eigenvalue weighted by Gasteiger charge is -2.06. The van der Waals surface area contributed by atoms with Crippen LogP contribution in [0.15, 0.2) is 12.2 Å². The van der Waals surface area contributed by atoms with Crippen LogP contribution in [-0.4, -0.2) is 42.9 Å². The molecule has 0 radical (unpaired) electrons. The normalized spacial score (nSPS) is 11.7. The zero-order chi connectivity index (χ0) is 14.8. The second-order valence-corrected chi connectivity index (χ2v) is 3.40. The molecule has 8 nitrogen and oxygen atoms in total. The summed E-state index contributed by atoms with van der Waals surface area (Å²) in [5.74, 6) is -4.45. The number of hydrogen-bond acceptors (Lipinski definition) is 7. The van der Waals surface area contributed by atoms with Crippen LogP contribution in [-0.2, 0) is 33.4 Å². The van der Waals surface area contributed by atoms with Gasteiger partial charge in [0.25, 0.3) is 0 Å². The minimum atomic E-state index is -1.13. The number of carboxylic acid groups (broad SMARTS) is 1. The van der Waals surface area contributed by atoms with Crippen molar-refractivity contribution in [3.63, 3.8) is 0 Å². The Hall–Kier alpha value is -2.38. The van der Waals surface area contributed by atoms with Crippen LogP contribution < -0.4 is 0 Å². The summed E-state index contributed by atoms with van der Waals surface area (Å²) < 4.78 is 13.1. The first-order chi connectivity index (χ1) is 8.86. The number of carboxylic acids is 1. The molecule has 8 heteroatoms. The standard InChI is InChI=1S/C11H14O8/c1-7(11(15)16)5-10(14)19-6-18-9(13)4-3-8(12)17-2/h3-4,7H,5-6H2,1-2H3,(H,15,16)/b4-3+. The van der Waals surface area contributed by atoms with Crippen molar-refractivity contribution in [3.8, 4) is 0 Å². The summed E-state index contributed by atoms with van der Waals surface area (Å²) in [6.07, 6.45) is 1.32. The summed E-state index contributed by atoms with van der Waals surface area (Å²) >= 11 is 0. The zero-order valence-corrected chi connectivity index (χ0v) is 10.5. The van der Waals surface area contributed by atoms with E-state index in [1.165, 1.54) is 6.92 Å². The lowest BCUT2D eigenvalue weighted by Crippen LogP contribution is -2.18. The maximum absolute atomic E-state index is 11.1. The van der Waals surface area contributed by atoms with Crippen LogP contribution >= 0.6 is 0 Å². The second-order valence-electron chi connectivity index (χ2n) is 3.40. The molecule has 0 spiro atoms. The summed E-state index contributed by atoms with van der Waals surface area (Å²) in [4.78, 5) is 43.1. The quantitative estimate of drug-likeness (QED) is 0.387. The number of esters is 3. The van der Waals surface area contributed by atoms with E-state index in [4.69, 9.17) is 5.11 Å². The third kappa shape index (κ3) is 8.36. The average molecular weight is 274 g/mol. The van der Waals surface area contributed by atoms with E-state index in [1.54, 1.807) is 0 Å². The number of aliphatic carboxylic acids is 1. The number of ether oxygens (including phenoxy) is 3. The maximum Gasteiger partial charge on any atom is 0.333 e. The molecule has 0 saturated heterocycles. The highest BCUT2D eigenvalue weighted by atomic mass is 16.7. The highest BCUT2D eigenvalue weighted by molar-refractivity contribution is 5.91. The number of methoxy groups -OCH3 is 1. The smallest absolute Gasteiger partial charge is 0.333 e. The van der Waals surface area contributed by atoms with Gasteiger partial charge in [-0.25, -0.2) is 9.59 Å². The van der Waals surface area contributed by atoms with Gasteiger partial charge < -0.3 is 19.3 Å². The summed E-state index contributed by atoms with van der Waals surface area (Å²) in [5, 5.41) is 8.54. The van der Waals surface area contributed by atoms with E-state index in [0.717, 1.165) is 19.3 Å². The Kier molecular flexibility index (Phi) is 7.59. The molecule has 1 atom stereocenters. The third-order valence-corrected chi connectivity index (χ3v) is 1.87. The van der Waals surface area contributed by atoms with Crippen LogP contribution in [0.4, 0.5) is 0 Å². The van der Waals surface area contributed by atoms with E-state index < -0.39 is 36.6 Å². The maximum atomic E-state index is 11.1. The molecule has 0 aromatic rings. The highest BCUT2D eigenvalue weighted by Crippen LogP contribution is 2.03. The predicted octanol–water partition coefficient (Wildman–Crippen LogP) is -0.130. The van der Waals surface area contributed by atoms with E-state index in [9.17, 15) is 19.2 Å². The molecule has 0 aliphatic rings. The lowest BCUT2D eigenvalue weighted by atomic mass is 10.1. The van der Waals surface area contributed by atoms with Crippen LogP contribution in [0, 0.1) is 5.92 Å². The van der Waals surface area contributed by atoms with Crippen molar-refractivity contribution in [2.75, 3.05) is 13.9 Å². The van der Waals surface area contributed by atoms with Crippen LogP contribution in [0.25, 0.3) is 0 Å². The predicted molar refractivity (Wildman–Crippen MR) is 59.6 cm³/mol. The van der Waals surface area contributed by atoms with E-state index in [-0.39, 0.29) is 6.42 Å². The zero-order valence-electron chi connectivity index (χ0n) is 10.5. The molecule has 0 amide bonds. The monoisotopic (exact) mass is 274 g/mol. The molecule has 0 aromatic heterocycles. The van der Waals surface area contributed by atoms with E-state index >= 15 is 0 Å². The molecular weight excluding hydrogens is 260 g/mol. The highest BCUT2D eigenvalue weighted by Gasteiger charge is 2.16. The van der Waals surface area contributed by atoms with Gasteiger partial charge in [0.15, 0.2) is 0 Å². The summed E-state index contributed by atoms with van der Waals surface area (Å²) in [6, 6.07) is 0. The lowest BCUT2D eigenvalue weighted by molar-refractivity contribution is -0.166. The minimum Gasteiger partial charge on any atom is -0.481 e. The van der Waals surface area contributed by atoms with Crippen molar-refractivity contribution in [1.82, 2.24) is 0 Å². The van der Waals surface area contributed by atoms with Gasteiger partial charge in [0.2, 0.25) is 6.79 Å². The number of rotatable bonds is 7. The van der Waals surface area contributed by atoms with Crippen LogP contribution in [0.5, 0.6) is 0 Å². The van der Waals surface area contributed by atoms with Crippen molar-refractivity contribution >= 4 is 23.9 Å². The fourth-order valence-corrected chi connectivity index (χ4v) is 0.802. The number of carbonyl (C=O) groups is 4. The topological polar surface area (TPSA) is 116 Å². The molecule has 0 aromatic carbocycles. The first-order valence-corrected chi connectivity index (χ1v) is 5.18. The van der Waals surface area contributed by atoms with Crippen molar-refractivity contribution in [3.05, 3.63) is 12.2 Å². The minimum absolute atomic E-state index is 0.328. The molecule has 0 heterocycles. The van der Waals surface area contributed by atoms with Crippen molar-refractivity contribution in [1.29, 1.82) is 0 Å².